The molecule has 0 aromatic heterocycles. The molecule has 0 amide bonds. The number of hydrogen-bond acceptors (Lipinski definition) is 3. The van der Waals surface area contributed by atoms with Crippen molar-refractivity contribution in [3.63, 3.8) is 0 Å². The second kappa shape index (κ2) is 12.2. The molecular formula is C6H17CaNO5. The van der Waals surface area contributed by atoms with E-state index in [0.29, 0.717) is 6.42 Å². The number of aliphatic carboxylic acids is 1. The number of carbonyl (C=O) groups is 1. The molecule has 0 saturated carbocycles. The zero-order chi connectivity index (χ0) is 8.15. The van der Waals surface area contributed by atoms with Crippen LogP contribution in [0.4, 0.5) is 0 Å². The maximum absolute atomic E-state index is 10.2. The van der Waals surface area contributed by atoms with Crippen LogP contribution < -0.4 is 0 Å². The number of nitroso groups, excluding NO2 is 1. The van der Waals surface area contributed by atoms with Gasteiger partial charge in [-0.3, -0.25) is 0 Å². The van der Waals surface area contributed by atoms with Gasteiger partial charge in [0.25, 0.3) is 0 Å². The van der Waals surface area contributed by atoms with E-state index in [1.165, 1.54) is 0 Å². The molecule has 0 rings (SSSR count). The summed E-state index contributed by atoms with van der Waals surface area (Å²) in [6.45, 7) is 3.70. The van der Waals surface area contributed by atoms with E-state index in [2.05, 4.69) is 5.18 Å². The van der Waals surface area contributed by atoms with Crippen molar-refractivity contribution in [3.8, 4) is 0 Å². The molecule has 0 heterocycles. The summed E-state index contributed by atoms with van der Waals surface area (Å²) in [5.74, 6) is -0.942. The van der Waals surface area contributed by atoms with Crippen LogP contribution in [0.1, 0.15) is 20.3 Å². The molecule has 0 spiro atoms. The van der Waals surface area contributed by atoms with Gasteiger partial charge in [0, 0.05) is 0 Å². The van der Waals surface area contributed by atoms with E-state index in [1.54, 1.807) is 0 Å². The summed E-state index contributed by atoms with van der Waals surface area (Å²) in [6.07, 6.45) is 0.318. The van der Waals surface area contributed by atoms with Crippen LogP contribution in [0.2, 0.25) is 0 Å². The minimum absolute atomic E-state index is 0. The van der Waals surface area contributed by atoms with E-state index in [9.17, 15) is 9.70 Å². The predicted molar refractivity (Wildman–Crippen MR) is 52.4 cm³/mol. The first-order valence-electron chi connectivity index (χ1n) is 3.13. The first-order chi connectivity index (χ1) is 4.57. The summed E-state index contributed by atoms with van der Waals surface area (Å²) in [7, 11) is 0. The van der Waals surface area contributed by atoms with E-state index < -0.39 is 12.0 Å². The summed E-state index contributed by atoms with van der Waals surface area (Å²) >= 11 is 0. The fraction of sp³-hybridized carbons (Fsp3) is 0.833. The summed E-state index contributed by atoms with van der Waals surface area (Å²) < 4.78 is 0. The van der Waals surface area contributed by atoms with Crippen LogP contribution in [0, 0.1) is 10.8 Å². The van der Waals surface area contributed by atoms with Crippen molar-refractivity contribution in [1.82, 2.24) is 0 Å². The Balaban J connectivity index is -0.000000135. The zero-order valence-electron chi connectivity index (χ0n) is 7.07. The van der Waals surface area contributed by atoms with Gasteiger partial charge >= 0.3 is 43.7 Å². The molecule has 0 radical (unpaired) electrons. The number of hydrogen-bond donors (Lipinski definition) is 1. The van der Waals surface area contributed by atoms with Gasteiger partial charge in [-0.2, -0.15) is 0 Å². The van der Waals surface area contributed by atoms with E-state index >= 15 is 0 Å². The Morgan fingerprint density at radius 1 is 1.38 bits per heavy atom. The number of nitrogens with zero attached hydrogens (tertiary/aromatic N) is 1. The Morgan fingerprint density at radius 3 is 1.85 bits per heavy atom. The summed E-state index contributed by atoms with van der Waals surface area (Å²) in [6, 6.07) is -1.07. The van der Waals surface area contributed by atoms with Gasteiger partial charge in [-0.1, -0.05) is 19.0 Å². The van der Waals surface area contributed by atoms with Crippen molar-refractivity contribution in [1.29, 1.82) is 0 Å². The average Bonchev–Trinajstić information content (AvgIpc) is 1.81. The Bertz CT molecular complexity index is 141. The van der Waals surface area contributed by atoms with Crippen LogP contribution in [0.15, 0.2) is 5.18 Å². The van der Waals surface area contributed by atoms with Crippen LogP contribution in [-0.2, 0) is 4.79 Å². The van der Waals surface area contributed by atoms with E-state index in [1.807, 2.05) is 13.8 Å². The van der Waals surface area contributed by atoms with E-state index in [-0.39, 0.29) is 54.6 Å². The number of carboxylic acid groups (broad SMARTS) is 1. The van der Waals surface area contributed by atoms with Gasteiger partial charge in [-0.15, -0.1) is 4.91 Å². The fourth-order valence-corrected chi connectivity index (χ4v) is 0.635. The van der Waals surface area contributed by atoms with Crippen LogP contribution in [0.5, 0.6) is 0 Å². The van der Waals surface area contributed by atoms with Crippen molar-refractivity contribution in [2.45, 2.75) is 26.3 Å². The standard InChI is InChI=1S/C6H11NO3.Ca.2H2O.2H/c1-4(2)3-5(7-10)6(8)9;;;;;/h4-5H,3H2,1-2H3,(H,8,9);;2*1H2;;/t5-;;;;;/m0...../s1. The third-order valence-corrected chi connectivity index (χ3v) is 1.11. The Labute approximate surface area is 106 Å². The molecule has 0 aromatic rings. The molecule has 0 saturated heterocycles. The molecule has 13 heavy (non-hydrogen) atoms. The predicted octanol–water partition coefficient (Wildman–Crippen LogP) is -1.31. The molecule has 0 aliphatic heterocycles. The molecule has 0 fully saturated rings. The summed E-state index contributed by atoms with van der Waals surface area (Å²) in [5.41, 5.74) is 0. The van der Waals surface area contributed by atoms with Gasteiger partial charge < -0.3 is 16.1 Å². The SMILES string of the molecule is CC(C)C[C@H](N=O)C(=O)O.O.O.[CaH2]. The topological polar surface area (TPSA) is 130 Å². The van der Waals surface area contributed by atoms with Crippen LogP contribution in [0.25, 0.3) is 0 Å². The fourth-order valence-electron chi connectivity index (χ4n) is 0.635. The molecule has 0 aliphatic carbocycles. The second-order valence-electron chi connectivity index (χ2n) is 2.59. The molecule has 78 valence electrons. The van der Waals surface area contributed by atoms with Gasteiger partial charge in [-0.05, 0) is 12.3 Å². The van der Waals surface area contributed by atoms with Crippen molar-refractivity contribution < 1.29 is 20.9 Å². The van der Waals surface area contributed by atoms with Crippen molar-refractivity contribution >= 4 is 43.7 Å². The molecule has 0 unspecified atom stereocenters. The summed E-state index contributed by atoms with van der Waals surface area (Å²) in [5, 5.41) is 10.8. The molecule has 0 bridgehead atoms. The molecule has 0 aliphatic rings. The molecule has 5 N–H and O–H groups in total. The quantitative estimate of drug-likeness (QED) is 0.468. The molecular weight excluding hydrogens is 206 g/mol. The van der Waals surface area contributed by atoms with Gasteiger partial charge in [0.1, 0.15) is 0 Å². The van der Waals surface area contributed by atoms with E-state index in [0.717, 1.165) is 0 Å². The average molecular weight is 223 g/mol. The first kappa shape index (κ1) is 23.2. The van der Waals surface area contributed by atoms with Gasteiger partial charge in [0.2, 0.25) is 0 Å². The van der Waals surface area contributed by atoms with E-state index in [4.69, 9.17) is 5.11 Å². The van der Waals surface area contributed by atoms with Crippen LogP contribution >= 0.6 is 0 Å². The number of carboxylic acids is 1. The zero-order valence-corrected chi connectivity index (χ0v) is 7.07. The van der Waals surface area contributed by atoms with Crippen molar-refractivity contribution in [2.75, 3.05) is 0 Å². The van der Waals surface area contributed by atoms with Gasteiger partial charge in [0.05, 0.1) is 0 Å². The van der Waals surface area contributed by atoms with Crippen LogP contribution in [0.3, 0.4) is 0 Å². The molecule has 6 nitrogen and oxygen atoms in total. The third kappa shape index (κ3) is 12.2. The second-order valence-corrected chi connectivity index (χ2v) is 2.59. The normalized spacial score (nSPS) is 10.1. The Morgan fingerprint density at radius 2 is 1.77 bits per heavy atom. The molecule has 1 atom stereocenters. The van der Waals surface area contributed by atoms with Crippen molar-refractivity contribution in [2.24, 2.45) is 11.1 Å². The minimum atomic E-state index is -1.14. The van der Waals surface area contributed by atoms with Crippen LogP contribution in [-0.4, -0.2) is 65.8 Å². The molecule has 7 heteroatoms. The van der Waals surface area contributed by atoms with Gasteiger partial charge in [-0.25, -0.2) is 4.79 Å². The Kier molecular flexibility index (Phi) is 21.9. The monoisotopic (exact) mass is 223 g/mol. The third-order valence-electron chi connectivity index (χ3n) is 1.11. The van der Waals surface area contributed by atoms with Crippen molar-refractivity contribution in [3.05, 3.63) is 4.91 Å². The van der Waals surface area contributed by atoms with Gasteiger partial charge in [0.15, 0.2) is 6.04 Å². The first-order valence-corrected chi connectivity index (χ1v) is 3.13. The maximum atomic E-state index is 10.2. The molecule has 0 aromatic carbocycles. The summed E-state index contributed by atoms with van der Waals surface area (Å²) in [4.78, 5) is 20.0. The number of rotatable bonds is 4. The Hall–Kier alpha value is 0.250.